The molecule has 8 aliphatic carbocycles. The van der Waals surface area contributed by atoms with Gasteiger partial charge in [0.25, 0.3) is 11.8 Å². The standard InChI is InChI=1S/C32H35NO2.C6HF5O3S/c34-29-26-9-24(31-11-17-1-18(12-31)3-19(2-17)13-31)7-23-8-25(10-27(28(23)26)30(35)33-29)32-14-20-4-21(15-32)6-22(5-20)16-32;7-1-2(8)4(10)6(15(12,13)14)5(11)3(1)9/h7-10,17-22H,1-6,11-16H2,(H,33,34,35);(H,12,13,14). The number of amides is 2. The molecule has 9 aliphatic rings. The van der Waals surface area contributed by atoms with Gasteiger partial charge in [-0.15, -0.1) is 0 Å². The minimum absolute atomic E-state index is 0.193. The monoisotopic (exact) mass is 713 g/mol. The lowest BCUT2D eigenvalue weighted by Crippen LogP contribution is -2.49. The number of carbonyl (C=O) groups excluding carboxylic acids is 2. The lowest BCUT2D eigenvalue weighted by Gasteiger charge is -2.57. The van der Waals surface area contributed by atoms with Gasteiger partial charge in [0.05, 0.1) is 0 Å². The molecule has 1 aliphatic heterocycles. The van der Waals surface area contributed by atoms with Gasteiger partial charge in [-0.25, -0.2) is 22.0 Å². The van der Waals surface area contributed by atoms with E-state index in [1.54, 1.807) is 0 Å². The summed E-state index contributed by atoms with van der Waals surface area (Å²) >= 11 is 0. The van der Waals surface area contributed by atoms with E-state index in [9.17, 15) is 40.0 Å². The third-order valence-corrected chi connectivity index (χ3v) is 14.4. The average Bonchev–Trinajstić information content (AvgIpc) is 3.03. The summed E-state index contributed by atoms with van der Waals surface area (Å²) in [4.78, 5) is 24.0. The summed E-state index contributed by atoms with van der Waals surface area (Å²) in [6.45, 7) is 0. The number of nitrogens with one attached hydrogen (secondary N) is 1. The largest absolute Gasteiger partial charge is 0.300 e. The molecule has 6 nitrogen and oxygen atoms in total. The maximum Gasteiger partial charge on any atom is 0.300 e. The van der Waals surface area contributed by atoms with Gasteiger partial charge in [-0.3, -0.25) is 19.5 Å². The molecule has 8 bridgehead atoms. The fourth-order valence-electron chi connectivity index (χ4n) is 12.5. The van der Waals surface area contributed by atoms with Crippen molar-refractivity contribution in [1.29, 1.82) is 0 Å². The third kappa shape index (κ3) is 4.83. The van der Waals surface area contributed by atoms with E-state index in [-0.39, 0.29) is 22.6 Å². The average molecular weight is 714 g/mol. The van der Waals surface area contributed by atoms with Gasteiger partial charge in [0.1, 0.15) is 0 Å². The first-order valence-electron chi connectivity index (χ1n) is 17.6. The van der Waals surface area contributed by atoms with E-state index in [1.807, 2.05) is 0 Å². The summed E-state index contributed by atoms with van der Waals surface area (Å²) in [5.41, 5.74) is 4.80. The molecule has 2 N–H and O–H groups in total. The van der Waals surface area contributed by atoms with Crippen molar-refractivity contribution in [3.05, 3.63) is 75.6 Å². The molecule has 2 amide bonds. The second kappa shape index (κ2) is 10.8. The zero-order valence-electron chi connectivity index (χ0n) is 27.1. The van der Waals surface area contributed by atoms with Crippen LogP contribution in [-0.2, 0) is 20.9 Å². The lowest BCUT2D eigenvalue weighted by molar-refractivity contribution is -0.00522. The summed E-state index contributed by atoms with van der Waals surface area (Å²) in [6, 6.07) is 9.27. The van der Waals surface area contributed by atoms with Gasteiger partial charge in [-0.1, -0.05) is 12.1 Å². The number of hydrogen-bond acceptors (Lipinski definition) is 4. The van der Waals surface area contributed by atoms with Gasteiger partial charge < -0.3 is 0 Å². The summed E-state index contributed by atoms with van der Waals surface area (Å²) in [5, 5.41) is 4.80. The summed E-state index contributed by atoms with van der Waals surface area (Å²) in [5.74, 6) is -7.74. The van der Waals surface area contributed by atoms with Gasteiger partial charge in [0.15, 0.2) is 28.2 Å². The number of carbonyl (C=O) groups is 2. The van der Waals surface area contributed by atoms with E-state index in [4.69, 9.17) is 4.55 Å². The molecule has 0 atom stereocenters. The molecule has 3 aromatic rings. The molecule has 8 fully saturated rings. The van der Waals surface area contributed by atoms with Crippen LogP contribution in [0.15, 0.2) is 29.2 Å². The molecule has 12 rings (SSSR count). The molecule has 264 valence electrons. The van der Waals surface area contributed by atoms with Gasteiger partial charge in [0, 0.05) is 16.5 Å². The molecule has 0 spiro atoms. The fourth-order valence-corrected chi connectivity index (χ4v) is 13.1. The minimum atomic E-state index is -5.52. The molecular formula is C38H36F5NO5S. The van der Waals surface area contributed by atoms with E-state index in [2.05, 4.69) is 29.6 Å². The maximum absolute atomic E-state index is 13.1. The van der Waals surface area contributed by atoms with E-state index in [0.29, 0.717) is 0 Å². The molecule has 0 aromatic heterocycles. The lowest BCUT2D eigenvalue weighted by atomic mass is 9.47. The Kier molecular flexibility index (Phi) is 7.04. The first-order chi connectivity index (χ1) is 23.6. The predicted molar refractivity (Wildman–Crippen MR) is 171 cm³/mol. The highest BCUT2D eigenvalue weighted by Gasteiger charge is 2.53. The predicted octanol–water partition coefficient (Wildman–Crippen LogP) is 8.29. The Morgan fingerprint density at radius 2 is 0.880 bits per heavy atom. The van der Waals surface area contributed by atoms with Crippen LogP contribution in [0.25, 0.3) is 10.8 Å². The van der Waals surface area contributed by atoms with Crippen LogP contribution in [0, 0.1) is 64.6 Å². The number of rotatable bonds is 3. The number of imide groups is 1. The molecule has 3 aromatic carbocycles. The van der Waals surface area contributed by atoms with Crippen molar-refractivity contribution in [3.63, 3.8) is 0 Å². The Balaban J connectivity index is 0.000000191. The van der Waals surface area contributed by atoms with Gasteiger partial charge in [0.2, 0.25) is 5.82 Å². The van der Waals surface area contributed by atoms with Crippen LogP contribution in [0.2, 0.25) is 0 Å². The molecule has 1 heterocycles. The highest BCUT2D eigenvalue weighted by Crippen LogP contribution is 2.63. The van der Waals surface area contributed by atoms with Gasteiger partial charge in [-0.2, -0.15) is 8.42 Å². The first kappa shape index (κ1) is 32.5. The van der Waals surface area contributed by atoms with Crippen molar-refractivity contribution in [2.24, 2.45) is 35.5 Å². The topological polar surface area (TPSA) is 101 Å². The number of hydrogen-bond donors (Lipinski definition) is 2. The van der Waals surface area contributed by atoms with Crippen LogP contribution in [0.1, 0.15) is 109 Å². The Hall–Kier alpha value is -3.38. The summed E-state index contributed by atoms with van der Waals surface area (Å²) in [6.07, 6.45) is 16.3. The van der Waals surface area contributed by atoms with E-state index < -0.39 is 44.1 Å². The normalized spacial score (nSPS) is 34.6. The van der Waals surface area contributed by atoms with E-state index in [0.717, 1.165) is 52.0 Å². The van der Waals surface area contributed by atoms with Crippen molar-refractivity contribution in [2.45, 2.75) is 92.8 Å². The fraction of sp³-hybridized carbons (Fsp3) is 0.526. The zero-order chi connectivity index (χ0) is 35.1. The van der Waals surface area contributed by atoms with Crippen molar-refractivity contribution in [2.75, 3.05) is 0 Å². The van der Waals surface area contributed by atoms with Crippen molar-refractivity contribution >= 4 is 32.7 Å². The minimum Gasteiger partial charge on any atom is -0.288 e. The Bertz CT molecular complexity index is 1950. The molecule has 12 heteroatoms. The molecular weight excluding hydrogens is 677 g/mol. The molecule has 0 unspecified atom stereocenters. The second-order valence-electron chi connectivity index (χ2n) is 16.7. The zero-order valence-corrected chi connectivity index (χ0v) is 28.0. The van der Waals surface area contributed by atoms with Crippen LogP contribution >= 0.6 is 0 Å². The van der Waals surface area contributed by atoms with E-state index in [1.165, 1.54) is 93.6 Å². The molecule has 8 saturated carbocycles. The van der Waals surface area contributed by atoms with Crippen LogP contribution in [0.3, 0.4) is 0 Å². The van der Waals surface area contributed by atoms with Gasteiger partial charge >= 0.3 is 10.1 Å². The van der Waals surface area contributed by atoms with Crippen molar-refractivity contribution < 1.29 is 44.5 Å². The van der Waals surface area contributed by atoms with Gasteiger partial charge in [-0.05, 0) is 152 Å². The second-order valence-corrected chi connectivity index (χ2v) is 18.1. The Labute approximate surface area is 285 Å². The molecule has 0 radical (unpaired) electrons. The number of benzene rings is 3. The highest BCUT2D eigenvalue weighted by atomic mass is 32.2. The highest BCUT2D eigenvalue weighted by molar-refractivity contribution is 7.85. The van der Waals surface area contributed by atoms with Crippen LogP contribution < -0.4 is 5.32 Å². The summed E-state index contributed by atoms with van der Waals surface area (Å²) in [7, 11) is -5.52. The van der Waals surface area contributed by atoms with Crippen LogP contribution in [0.4, 0.5) is 22.0 Å². The SMILES string of the molecule is O=C1NC(=O)c2cc(C34CC5CC(CC(C5)C3)C4)cc3cc(C45CC6CC(CC(C6)C4)C5)cc1c23.O=S(=O)(O)c1c(F)c(F)c(F)c(F)c1F. The van der Waals surface area contributed by atoms with Crippen molar-refractivity contribution in [1.82, 2.24) is 5.32 Å². The van der Waals surface area contributed by atoms with Crippen molar-refractivity contribution in [3.8, 4) is 0 Å². The molecule has 0 saturated heterocycles. The Morgan fingerprint density at radius 3 is 1.20 bits per heavy atom. The quantitative estimate of drug-likeness (QED) is 0.0936. The Morgan fingerprint density at radius 1 is 0.560 bits per heavy atom. The van der Waals surface area contributed by atoms with Crippen LogP contribution in [-0.4, -0.2) is 24.8 Å². The first-order valence-corrected chi connectivity index (χ1v) is 19.0. The maximum atomic E-state index is 13.1. The number of halogens is 5. The van der Waals surface area contributed by atoms with E-state index >= 15 is 0 Å². The third-order valence-electron chi connectivity index (χ3n) is 13.5. The van der Waals surface area contributed by atoms with Crippen LogP contribution in [0.5, 0.6) is 0 Å². The molecule has 50 heavy (non-hydrogen) atoms. The summed E-state index contributed by atoms with van der Waals surface area (Å²) < 4.78 is 91.3. The smallest absolute Gasteiger partial charge is 0.288 e.